The molecular weight excluding hydrogens is 428 g/mol. The number of carbonyl (C=O) groups is 1. The van der Waals surface area contributed by atoms with Gasteiger partial charge in [0.05, 0.1) is 10.9 Å². The largest absolute Gasteiger partial charge is 0.353 e. The lowest BCUT2D eigenvalue weighted by Crippen LogP contribution is -2.47. The van der Waals surface area contributed by atoms with E-state index in [9.17, 15) is 13.2 Å². The molecule has 1 aromatic carbocycles. The molecule has 1 aromatic heterocycles. The highest BCUT2D eigenvalue weighted by molar-refractivity contribution is 7.89. The third-order valence-electron chi connectivity index (χ3n) is 5.79. The van der Waals surface area contributed by atoms with Crippen LogP contribution in [0.2, 0.25) is 5.02 Å². The van der Waals surface area contributed by atoms with Gasteiger partial charge in [-0.2, -0.15) is 9.29 Å². The van der Waals surface area contributed by atoms with Crippen molar-refractivity contribution in [2.75, 3.05) is 13.1 Å². The van der Waals surface area contributed by atoms with Crippen molar-refractivity contribution in [3.8, 4) is 11.4 Å². The monoisotopic (exact) mass is 452 g/mol. The smallest absolute Gasteiger partial charge is 0.244 e. The van der Waals surface area contributed by atoms with Gasteiger partial charge in [-0.3, -0.25) is 4.79 Å². The standard InChI is InChI=1S/C20H25ClN4O4S/c1-13-22-19(24-29-13)14-8-9-17(21)18(11-14)30(27,28)25-10-4-5-15(12-25)20(26)23-16-6-2-3-7-16/h8-9,11,15-16H,2-7,10,12H2,1H3,(H,23,26)/t15-/m1/s1. The first-order chi connectivity index (χ1) is 14.3. The number of aromatic nitrogens is 2. The van der Waals surface area contributed by atoms with Crippen molar-refractivity contribution in [2.45, 2.75) is 56.4 Å². The Morgan fingerprint density at radius 3 is 2.70 bits per heavy atom. The molecule has 1 aliphatic carbocycles. The number of aryl methyl sites for hydroxylation is 1. The Balaban J connectivity index is 1.54. The predicted molar refractivity (Wildman–Crippen MR) is 111 cm³/mol. The molecule has 30 heavy (non-hydrogen) atoms. The van der Waals surface area contributed by atoms with Gasteiger partial charge in [0.1, 0.15) is 4.90 Å². The summed E-state index contributed by atoms with van der Waals surface area (Å²) in [5.74, 6) is 0.282. The Labute approximate surface area is 181 Å². The van der Waals surface area contributed by atoms with E-state index < -0.39 is 10.0 Å². The van der Waals surface area contributed by atoms with E-state index in [2.05, 4.69) is 15.5 Å². The minimum absolute atomic E-state index is 0.0130. The number of nitrogens with one attached hydrogen (secondary N) is 1. The molecule has 2 aromatic rings. The molecule has 10 heteroatoms. The Bertz CT molecular complexity index is 1030. The fraction of sp³-hybridized carbons (Fsp3) is 0.550. The number of rotatable bonds is 5. The molecule has 8 nitrogen and oxygen atoms in total. The lowest BCUT2D eigenvalue weighted by molar-refractivity contribution is -0.126. The minimum Gasteiger partial charge on any atom is -0.353 e. The van der Waals surface area contributed by atoms with Crippen LogP contribution < -0.4 is 5.32 Å². The van der Waals surface area contributed by atoms with Gasteiger partial charge in [-0.05, 0) is 43.9 Å². The zero-order valence-corrected chi connectivity index (χ0v) is 18.4. The SMILES string of the molecule is Cc1nc(-c2ccc(Cl)c(S(=O)(=O)N3CCC[C@@H](C(=O)NC4CCCC4)C3)c2)no1. The first-order valence-electron chi connectivity index (χ1n) is 10.3. The molecule has 0 bridgehead atoms. The fourth-order valence-corrected chi connectivity index (χ4v) is 6.18. The van der Waals surface area contributed by atoms with Crippen molar-refractivity contribution in [1.29, 1.82) is 0 Å². The van der Waals surface area contributed by atoms with Crippen LogP contribution in [0.25, 0.3) is 11.4 Å². The Morgan fingerprint density at radius 2 is 2.00 bits per heavy atom. The van der Waals surface area contributed by atoms with Crippen LogP contribution >= 0.6 is 11.6 Å². The van der Waals surface area contributed by atoms with E-state index in [0.717, 1.165) is 25.7 Å². The molecular formula is C20H25ClN4O4S. The number of amides is 1. The van der Waals surface area contributed by atoms with Crippen LogP contribution in [0.15, 0.2) is 27.6 Å². The molecule has 1 saturated carbocycles. The first kappa shape index (κ1) is 21.3. The highest BCUT2D eigenvalue weighted by Crippen LogP contribution is 2.31. The maximum atomic E-state index is 13.4. The second-order valence-corrected chi connectivity index (χ2v) is 10.3. The lowest BCUT2D eigenvalue weighted by Gasteiger charge is -2.32. The third-order valence-corrected chi connectivity index (χ3v) is 8.14. The quantitative estimate of drug-likeness (QED) is 0.746. The van der Waals surface area contributed by atoms with Crippen molar-refractivity contribution < 1.29 is 17.7 Å². The van der Waals surface area contributed by atoms with Gasteiger partial charge in [-0.1, -0.05) is 29.6 Å². The Hall–Kier alpha value is -1.97. The van der Waals surface area contributed by atoms with E-state index in [1.165, 1.54) is 16.4 Å². The maximum Gasteiger partial charge on any atom is 0.244 e. The van der Waals surface area contributed by atoms with E-state index in [1.54, 1.807) is 13.0 Å². The van der Waals surface area contributed by atoms with Crippen molar-refractivity contribution in [3.05, 3.63) is 29.1 Å². The molecule has 162 valence electrons. The number of hydrogen-bond acceptors (Lipinski definition) is 6. The number of piperidine rings is 1. The van der Waals surface area contributed by atoms with Crippen LogP contribution in [0.3, 0.4) is 0 Å². The van der Waals surface area contributed by atoms with Gasteiger partial charge < -0.3 is 9.84 Å². The first-order valence-corrected chi connectivity index (χ1v) is 12.1. The van der Waals surface area contributed by atoms with E-state index in [4.69, 9.17) is 16.1 Å². The van der Waals surface area contributed by atoms with E-state index in [-0.39, 0.29) is 34.3 Å². The third kappa shape index (κ3) is 4.38. The normalized spacial score (nSPS) is 21.1. The second kappa shape index (κ2) is 8.64. The number of carbonyl (C=O) groups excluding carboxylic acids is 1. The van der Waals surface area contributed by atoms with Gasteiger partial charge in [-0.15, -0.1) is 0 Å². The van der Waals surface area contributed by atoms with E-state index in [0.29, 0.717) is 36.7 Å². The number of hydrogen-bond donors (Lipinski definition) is 1. The minimum atomic E-state index is -3.87. The topological polar surface area (TPSA) is 105 Å². The Morgan fingerprint density at radius 1 is 1.23 bits per heavy atom. The molecule has 1 saturated heterocycles. The van der Waals surface area contributed by atoms with Crippen LogP contribution in [0.4, 0.5) is 0 Å². The number of sulfonamides is 1. The summed E-state index contributed by atoms with van der Waals surface area (Å²) in [5.41, 5.74) is 0.502. The molecule has 1 N–H and O–H groups in total. The summed E-state index contributed by atoms with van der Waals surface area (Å²) < 4.78 is 33.1. The van der Waals surface area contributed by atoms with Crippen LogP contribution in [0, 0.1) is 12.8 Å². The molecule has 0 spiro atoms. The maximum absolute atomic E-state index is 13.4. The molecule has 1 atom stereocenters. The molecule has 0 radical (unpaired) electrons. The van der Waals surface area contributed by atoms with Crippen molar-refractivity contribution in [2.24, 2.45) is 5.92 Å². The number of benzene rings is 1. The molecule has 1 amide bonds. The van der Waals surface area contributed by atoms with Crippen LogP contribution in [0.1, 0.15) is 44.4 Å². The van der Waals surface area contributed by atoms with Crippen molar-refractivity contribution in [1.82, 2.24) is 19.8 Å². The van der Waals surface area contributed by atoms with Crippen LogP contribution in [-0.2, 0) is 14.8 Å². The number of halogens is 1. The highest BCUT2D eigenvalue weighted by atomic mass is 35.5. The fourth-order valence-electron chi connectivity index (χ4n) is 4.16. The van der Waals surface area contributed by atoms with Gasteiger partial charge in [0.2, 0.25) is 27.6 Å². The van der Waals surface area contributed by atoms with E-state index >= 15 is 0 Å². The summed E-state index contributed by atoms with van der Waals surface area (Å²) in [5, 5.41) is 7.06. The summed E-state index contributed by atoms with van der Waals surface area (Å²) in [4.78, 5) is 16.8. The van der Waals surface area contributed by atoms with Crippen LogP contribution in [0.5, 0.6) is 0 Å². The van der Waals surface area contributed by atoms with Crippen molar-refractivity contribution >= 4 is 27.5 Å². The zero-order valence-electron chi connectivity index (χ0n) is 16.8. The zero-order chi connectivity index (χ0) is 21.3. The average molecular weight is 453 g/mol. The summed E-state index contributed by atoms with van der Waals surface area (Å²) >= 11 is 6.26. The van der Waals surface area contributed by atoms with E-state index in [1.807, 2.05) is 0 Å². The molecule has 4 rings (SSSR count). The van der Waals surface area contributed by atoms with Gasteiger partial charge >= 0.3 is 0 Å². The number of nitrogens with zero attached hydrogens (tertiary/aromatic N) is 3. The van der Waals surface area contributed by atoms with Crippen LogP contribution in [-0.4, -0.2) is 47.9 Å². The summed E-state index contributed by atoms with van der Waals surface area (Å²) in [6.45, 7) is 2.18. The van der Waals surface area contributed by atoms with Gasteiger partial charge in [0.25, 0.3) is 0 Å². The van der Waals surface area contributed by atoms with Gasteiger partial charge in [-0.25, -0.2) is 8.42 Å². The predicted octanol–water partition coefficient (Wildman–Crippen LogP) is 3.16. The summed E-state index contributed by atoms with van der Waals surface area (Å²) in [6, 6.07) is 4.85. The van der Waals surface area contributed by atoms with Gasteiger partial charge in [0.15, 0.2) is 0 Å². The molecule has 2 heterocycles. The molecule has 0 unspecified atom stereocenters. The molecule has 1 aliphatic heterocycles. The van der Waals surface area contributed by atoms with Crippen molar-refractivity contribution in [3.63, 3.8) is 0 Å². The molecule has 2 aliphatic rings. The second-order valence-electron chi connectivity index (χ2n) is 7.97. The van der Waals surface area contributed by atoms with Gasteiger partial charge in [0, 0.05) is 31.6 Å². The lowest BCUT2D eigenvalue weighted by atomic mass is 9.98. The highest BCUT2D eigenvalue weighted by Gasteiger charge is 2.35. The summed E-state index contributed by atoms with van der Waals surface area (Å²) in [7, 11) is -3.87. The summed E-state index contributed by atoms with van der Waals surface area (Å²) in [6.07, 6.45) is 5.57. The average Bonchev–Trinajstić information content (AvgIpc) is 3.40. The molecule has 2 fully saturated rings. The Kier molecular flexibility index (Phi) is 6.13.